The number of carbonyl (C=O) groups is 2. The molecule has 14 nitrogen and oxygen atoms in total. The lowest BCUT2D eigenvalue weighted by molar-refractivity contribution is -0.192. The Balaban J connectivity index is 0.000000708. The third kappa shape index (κ3) is 7.59. The number of carbonyl (C=O) groups excluding carboxylic acids is 1. The second kappa shape index (κ2) is 12.3. The summed E-state index contributed by atoms with van der Waals surface area (Å²) in [5.74, 6) is -4.05. The second-order valence-electron chi connectivity index (χ2n) is 7.97. The number of amides is 1. The Labute approximate surface area is 224 Å². The average molecular weight is 588 g/mol. The molecule has 0 saturated carbocycles. The van der Waals surface area contributed by atoms with Gasteiger partial charge in [-0.05, 0) is 55.4 Å². The summed E-state index contributed by atoms with van der Waals surface area (Å²) in [5, 5.41) is 10.9. The van der Waals surface area contributed by atoms with Crippen molar-refractivity contribution in [2.75, 3.05) is 4.72 Å². The van der Waals surface area contributed by atoms with Gasteiger partial charge in [0.2, 0.25) is 11.9 Å². The fraction of sp³-hybridized carbons (Fsp3) is 0.227. The van der Waals surface area contributed by atoms with Crippen molar-refractivity contribution in [1.82, 2.24) is 9.55 Å². The van der Waals surface area contributed by atoms with E-state index in [-0.39, 0.29) is 16.5 Å². The van der Waals surface area contributed by atoms with E-state index < -0.39 is 45.8 Å². The van der Waals surface area contributed by atoms with Crippen LogP contribution in [0, 0.1) is 6.92 Å². The van der Waals surface area contributed by atoms with Gasteiger partial charge in [-0.25, -0.2) is 13.2 Å². The van der Waals surface area contributed by atoms with Crippen LogP contribution in [-0.4, -0.2) is 53.2 Å². The first kappa shape index (κ1) is 31.3. The smallest absolute Gasteiger partial charge is 0.475 e. The molecule has 8 N–H and O–H groups in total. The first-order valence-electron chi connectivity index (χ1n) is 10.9. The third-order valence-electron chi connectivity index (χ3n) is 5.04. The third-order valence-corrected chi connectivity index (χ3v) is 6.46. The standard InChI is InChI=1S/C20H23N7O5S.C2HF3O2/c1-11-8-9-15(19(29)27(11)17(18(21)28)12(2)32-25-20(22)23)26-33(30,31)16-7-3-6-14-13(16)5-4-10-24-14;3-2(4,5)1(6)7/h3-10,12,17,26H,1-2H3,(H2,21,28)(H4,22,23,25);(H,6,7). The van der Waals surface area contributed by atoms with Gasteiger partial charge in [0.1, 0.15) is 5.69 Å². The van der Waals surface area contributed by atoms with Crippen LogP contribution in [0.4, 0.5) is 18.9 Å². The number of fused-ring (bicyclic) bond motifs is 1. The maximum Gasteiger partial charge on any atom is 0.490 e. The van der Waals surface area contributed by atoms with Crippen LogP contribution in [-0.2, 0) is 24.4 Å². The normalized spacial score (nSPS) is 12.8. The molecule has 0 radical (unpaired) electrons. The molecule has 0 saturated heterocycles. The zero-order valence-electron chi connectivity index (χ0n) is 20.8. The summed E-state index contributed by atoms with van der Waals surface area (Å²) in [6.07, 6.45) is -4.59. The molecule has 2 aromatic heterocycles. The van der Waals surface area contributed by atoms with Crippen LogP contribution >= 0.6 is 0 Å². The minimum atomic E-state index is -5.08. The predicted octanol–water partition coefficient (Wildman–Crippen LogP) is 0.759. The number of aliphatic carboxylic acids is 1. The zero-order chi connectivity index (χ0) is 30.4. The highest BCUT2D eigenvalue weighted by molar-refractivity contribution is 7.93. The maximum absolute atomic E-state index is 13.2. The number of oxime groups is 1. The second-order valence-corrected chi connectivity index (χ2v) is 9.62. The van der Waals surface area contributed by atoms with Crippen molar-refractivity contribution >= 4 is 44.4 Å². The molecule has 18 heteroatoms. The molecule has 2 unspecified atom stereocenters. The molecule has 2 atom stereocenters. The van der Waals surface area contributed by atoms with Crippen LogP contribution in [0.2, 0.25) is 0 Å². The highest BCUT2D eigenvalue weighted by Gasteiger charge is 2.38. The summed E-state index contributed by atoms with van der Waals surface area (Å²) in [6, 6.07) is 9.27. The van der Waals surface area contributed by atoms with Crippen molar-refractivity contribution in [2.24, 2.45) is 22.4 Å². The fourth-order valence-corrected chi connectivity index (χ4v) is 4.62. The van der Waals surface area contributed by atoms with Gasteiger partial charge in [0, 0.05) is 17.3 Å². The van der Waals surface area contributed by atoms with Gasteiger partial charge in [-0.1, -0.05) is 6.07 Å². The van der Waals surface area contributed by atoms with Crippen molar-refractivity contribution in [3.8, 4) is 0 Å². The highest BCUT2D eigenvalue weighted by Crippen LogP contribution is 2.24. The van der Waals surface area contributed by atoms with E-state index in [1.54, 1.807) is 37.4 Å². The Morgan fingerprint density at radius 1 is 1.12 bits per heavy atom. The van der Waals surface area contributed by atoms with Crippen LogP contribution in [0.15, 0.2) is 63.5 Å². The van der Waals surface area contributed by atoms with Gasteiger partial charge in [0.05, 0.1) is 10.4 Å². The van der Waals surface area contributed by atoms with Gasteiger partial charge in [0.15, 0.2) is 12.1 Å². The lowest BCUT2D eigenvalue weighted by Crippen LogP contribution is -2.42. The van der Waals surface area contributed by atoms with Gasteiger partial charge >= 0.3 is 12.1 Å². The Kier molecular flexibility index (Phi) is 9.66. The molecule has 0 spiro atoms. The van der Waals surface area contributed by atoms with E-state index in [1.807, 2.05) is 0 Å². The molecule has 2 heterocycles. The number of hydrogen-bond donors (Lipinski definition) is 5. The number of carboxylic acid groups (broad SMARTS) is 1. The average Bonchev–Trinajstić information content (AvgIpc) is 2.86. The predicted molar refractivity (Wildman–Crippen MR) is 136 cm³/mol. The molecule has 0 aliphatic heterocycles. The Hall–Kier alpha value is -4.87. The summed E-state index contributed by atoms with van der Waals surface area (Å²) in [5.41, 5.74) is 15.7. The number of pyridine rings is 2. The number of guanidine groups is 1. The summed E-state index contributed by atoms with van der Waals surface area (Å²) < 4.78 is 61.3. The van der Waals surface area contributed by atoms with E-state index in [1.165, 1.54) is 25.1 Å². The number of carboxylic acids is 1. The van der Waals surface area contributed by atoms with E-state index in [0.29, 0.717) is 16.6 Å². The lowest BCUT2D eigenvalue weighted by Gasteiger charge is -2.24. The van der Waals surface area contributed by atoms with Crippen LogP contribution in [0.5, 0.6) is 0 Å². The van der Waals surface area contributed by atoms with Gasteiger partial charge < -0.3 is 27.1 Å². The highest BCUT2D eigenvalue weighted by atomic mass is 32.2. The molecular weight excluding hydrogens is 563 g/mol. The van der Waals surface area contributed by atoms with E-state index >= 15 is 0 Å². The van der Waals surface area contributed by atoms with Crippen molar-refractivity contribution in [1.29, 1.82) is 0 Å². The number of aryl methyl sites for hydroxylation is 1. The summed E-state index contributed by atoms with van der Waals surface area (Å²) >= 11 is 0. The van der Waals surface area contributed by atoms with E-state index in [2.05, 4.69) is 14.9 Å². The number of halogens is 3. The van der Waals surface area contributed by atoms with E-state index in [9.17, 15) is 31.2 Å². The van der Waals surface area contributed by atoms with Crippen molar-refractivity contribution in [2.45, 2.75) is 37.1 Å². The van der Waals surface area contributed by atoms with Gasteiger partial charge in [-0.15, -0.1) is 0 Å². The maximum atomic E-state index is 13.2. The largest absolute Gasteiger partial charge is 0.490 e. The SMILES string of the molecule is Cc1ccc(NS(=O)(=O)c2cccc3ncccc23)c(=O)n1C(C(N)=O)C(C)ON=C(N)N.O=C(O)C(F)(F)F. The summed E-state index contributed by atoms with van der Waals surface area (Å²) in [7, 11) is -4.19. The van der Waals surface area contributed by atoms with E-state index in [4.69, 9.17) is 31.9 Å². The van der Waals surface area contributed by atoms with Crippen molar-refractivity contribution in [3.05, 3.63) is 64.7 Å². The minimum absolute atomic E-state index is 0.0597. The first-order chi connectivity index (χ1) is 18.5. The molecule has 1 amide bonds. The number of hydrogen-bond acceptors (Lipinski definition) is 8. The Morgan fingerprint density at radius 2 is 1.75 bits per heavy atom. The number of sulfonamides is 1. The molecule has 3 aromatic rings. The monoisotopic (exact) mass is 587 g/mol. The molecule has 1 aromatic carbocycles. The minimum Gasteiger partial charge on any atom is -0.475 e. The Morgan fingerprint density at radius 3 is 2.30 bits per heavy atom. The van der Waals surface area contributed by atoms with Gasteiger partial charge in [-0.3, -0.25) is 23.9 Å². The number of rotatable bonds is 8. The molecule has 0 aliphatic rings. The summed E-state index contributed by atoms with van der Waals surface area (Å²) in [4.78, 5) is 43.5. The van der Waals surface area contributed by atoms with E-state index in [0.717, 1.165) is 4.57 Å². The zero-order valence-corrected chi connectivity index (χ0v) is 21.6. The fourth-order valence-electron chi connectivity index (χ4n) is 3.35. The number of primary amides is 1. The number of aromatic nitrogens is 2. The van der Waals surface area contributed by atoms with Crippen LogP contribution < -0.4 is 27.5 Å². The number of benzene rings is 1. The van der Waals surface area contributed by atoms with Crippen LogP contribution in [0.25, 0.3) is 10.9 Å². The van der Waals surface area contributed by atoms with Crippen molar-refractivity contribution in [3.63, 3.8) is 0 Å². The van der Waals surface area contributed by atoms with Crippen molar-refractivity contribution < 1.29 is 41.1 Å². The molecule has 0 bridgehead atoms. The number of anilines is 1. The Bertz CT molecular complexity index is 1600. The number of nitrogens with two attached hydrogens (primary N) is 3. The van der Waals surface area contributed by atoms with Gasteiger partial charge in [-0.2, -0.15) is 13.2 Å². The molecule has 216 valence electrons. The number of alkyl halides is 3. The van der Waals surface area contributed by atoms with Crippen LogP contribution in [0.3, 0.4) is 0 Å². The van der Waals surface area contributed by atoms with Crippen LogP contribution in [0.1, 0.15) is 18.7 Å². The molecule has 3 rings (SSSR count). The molecule has 0 fully saturated rings. The molecular formula is C22H24F3N7O7S. The molecule has 40 heavy (non-hydrogen) atoms. The lowest BCUT2D eigenvalue weighted by atomic mass is 10.1. The molecule has 0 aliphatic carbocycles. The van der Waals surface area contributed by atoms with Gasteiger partial charge in [0.25, 0.3) is 15.6 Å². The number of nitrogens with one attached hydrogen (secondary N) is 1. The quantitative estimate of drug-likeness (QED) is 0.141. The topological polar surface area (TPSA) is 235 Å². The summed E-state index contributed by atoms with van der Waals surface area (Å²) in [6.45, 7) is 2.99. The first-order valence-corrected chi connectivity index (χ1v) is 12.4. The number of nitrogens with zero attached hydrogens (tertiary/aromatic N) is 3.